The second-order valence-corrected chi connectivity index (χ2v) is 9.37. The van der Waals surface area contributed by atoms with E-state index in [1.807, 2.05) is 48.5 Å². The van der Waals surface area contributed by atoms with Gasteiger partial charge in [-0.25, -0.2) is 5.01 Å². The maximum absolute atomic E-state index is 13.7. The third-order valence-corrected chi connectivity index (χ3v) is 6.92. The van der Waals surface area contributed by atoms with Crippen molar-refractivity contribution in [2.45, 2.75) is 12.5 Å². The standard InChI is InChI=1S/C27H33ClN4O5/c1-35-19-27(34)31(12-11-30-13-15-37-16-14-30)18-26(33)32-25(20-7-9-21(36-2)10-8-20)17-24(29-32)22-5-3-4-6-23(22)28/h3-10,25H,11-19H2,1-2H3. The Bertz CT molecular complexity index is 1100. The first-order chi connectivity index (χ1) is 18.0. The van der Waals surface area contributed by atoms with Crippen LogP contribution in [0.25, 0.3) is 0 Å². The van der Waals surface area contributed by atoms with Gasteiger partial charge in [-0.15, -0.1) is 0 Å². The van der Waals surface area contributed by atoms with E-state index in [0.717, 1.165) is 35.7 Å². The van der Waals surface area contributed by atoms with E-state index >= 15 is 0 Å². The number of hydrazone groups is 1. The molecule has 0 radical (unpaired) electrons. The summed E-state index contributed by atoms with van der Waals surface area (Å²) >= 11 is 6.46. The van der Waals surface area contributed by atoms with Crippen molar-refractivity contribution in [3.63, 3.8) is 0 Å². The van der Waals surface area contributed by atoms with Gasteiger partial charge in [0.1, 0.15) is 18.9 Å². The van der Waals surface area contributed by atoms with E-state index in [9.17, 15) is 9.59 Å². The first-order valence-electron chi connectivity index (χ1n) is 12.4. The third-order valence-electron chi connectivity index (χ3n) is 6.59. The van der Waals surface area contributed by atoms with E-state index in [4.69, 9.17) is 30.9 Å². The quantitative estimate of drug-likeness (QED) is 0.471. The maximum atomic E-state index is 13.7. The zero-order chi connectivity index (χ0) is 26.2. The smallest absolute Gasteiger partial charge is 0.262 e. The summed E-state index contributed by atoms with van der Waals surface area (Å²) in [5.41, 5.74) is 2.43. The SMILES string of the molecule is COCC(=O)N(CCN1CCOCC1)CC(=O)N1N=C(c2ccccc2Cl)CC1c1ccc(OC)cc1. The van der Waals surface area contributed by atoms with Crippen LogP contribution in [-0.2, 0) is 19.1 Å². The van der Waals surface area contributed by atoms with Crippen molar-refractivity contribution in [1.82, 2.24) is 14.8 Å². The molecule has 0 aromatic heterocycles. The highest BCUT2D eigenvalue weighted by Gasteiger charge is 2.35. The molecule has 1 unspecified atom stereocenters. The number of ether oxygens (including phenoxy) is 3. The molecule has 2 aliphatic heterocycles. The molecule has 2 heterocycles. The lowest BCUT2D eigenvalue weighted by atomic mass is 9.98. The molecule has 198 valence electrons. The Morgan fingerprint density at radius 2 is 1.84 bits per heavy atom. The van der Waals surface area contributed by atoms with Gasteiger partial charge in [0.2, 0.25) is 5.91 Å². The van der Waals surface area contributed by atoms with Crippen molar-refractivity contribution in [3.8, 4) is 5.75 Å². The molecule has 2 aromatic rings. The first-order valence-corrected chi connectivity index (χ1v) is 12.7. The molecule has 37 heavy (non-hydrogen) atoms. The Labute approximate surface area is 222 Å². The lowest BCUT2D eigenvalue weighted by molar-refractivity contribution is -0.143. The minimum absolute atomic E-state index is 0.0908. The summed E-state index contributed by atoms with van der Waals surface area (Å²) in [6.45, 7) is 3.82. The number of rotatable bonds is 10. The molecular formula is C27H33ClN4O5. The molecule has 2 amide bonds. The highest BCUT2D eigenvalue weighted by Crippen LogP contribution is 2.35. The average Bonchev–Trinajstić information content (AvgIpc) is 3.37. The Hall–Kier alpha value is -2.98. The van der Waals surface area contributed by atoms with Gasteiger partial charge < -0.3 is 19.1 Å². The van der Waals surface area contributed by atoms with Crippen molar-refractivity contribution in [1.29, 1.82) is 0 Å². The summed E-state index contributed by atoms with van der Waals surface area (Å²) < 4.78 is 15.8. The third kappa shape index (κ3) is 6.87. The number of amides is 2. The number of halogens is 1. The number of benzene rings is 2. The Balaban J connectivity index is 1.56. The van der Waals surface area contributed by atoms with Gasteiger partial charge in [0, 0.05) is 50.3 Å². The van der Waals surface area contributed by atoms with Crippen LogP contribution < -0.4 is 4.74 Å². The fourth-order valence-corrected chi connectivity index (χ4v) is 4.76. The predicted molar refractivity (Wildman–Crippen MR) is 141 cm³/mol. The van der Waals surface area contributed by atoms with Crippen LogP contribution in [-0.4, -0.2) is 99.1 Å². The fraction of sp³-hybridized carbons (Fsp3) is 0.444. The van der Waals surface area contributed by atoms with Crippen LogP contribution in [0.4, 0.5) is 0 Å². The zero-order valence-electron chi connectivity index (χ0n) is 21.3. The van der Waals surface area contributed by atoms with Crippen molar-refractivity contribution >= 4 is 29.1 Å². The summed E-state index contributed by atoms with van der Waals surface area (Å²) in [4.78, 5) is 30.3. The number of morpholine rings is 1. The van der Waals surface area contributed by atoms with Crippen LogP contribution in [0.3, 0.4) is 0 Å². The van der Waals surface area contributed by atoms with Crippen LogP contribution in [0.5, 0.6) is 5.75 Å². The van der Waals surface area contributed by atoms with Crippen LogP contribution in [0.2, 0.25) is 5.02 Å². The molecule has 1 saturated heterocycles. The van der Waals surface area contributed by atoms with Gasteiger partial charge in [0.25, 0.3) is 5.91 Å². The van der Waals surface area contributed by atoms with Gasteiger partial charge in [0.05, 0.1) is 32.1 Å². The Kier molecular flexibility index (Phi) is 9.51. The maximum Gasteiger partial charge on any atom is 0.262 e. The molecule has 1 atom stereocenters. The predicted octanol–water partition coefficient (Wildman–Crippen LogP) is 2.83. The molecule has 0 N–H and O–H groups in total. The Morgan fingerprint density at radius 3 is 2.51 bits per heavy atom. The fourth-order valence-electron chi connectivity index (χ4n) is 4.51. The molecular weight excluding hydrogens is 496 g/mol. The van der Waals surface area contributed by atoms with Gasteiger partial charge in [-0.05, 0) is 23.8 Å². The van der Waals surface area contributed by atoms with Crippen molar-refractivity contribution in [3.05, 3.63) is 64.7 Å². The molecule has 9 nitrogen and oxygen atoms in total. The van der Waals surface area contributed by atoms with Crippen LogP contribution >= 0.6 is 11.6 Å². The molecule has 1 fully saturated rings. The van der Waals surface area contributed by atoms with Gasteiger partial charge in [-0.1, -0.05) is 41.9 Å². The van der Waals surface area contributed by atoms with E-state index in [0.29, 0.717) is 37.7 Å². The summed E-state index contributed by atoms with van der Waals surface area (Å²) in [5, 5.41) is 6.78. The molecule has 0 spiro atoms. The molecule has 10 heteroatoms. The minimum Gasteiger partial charge on any atom is -0.497 e. The van der Waals surface area contributed by atoms with Crippen molar-refractivity contribution in [2.75, 3.05) is 66.8 Å². The summed E-state index contributed by atoms with van der Waals surface area (Å²) in [5.74, 6) is 0.222. The highest BCUT2D eigenvalue weighted by atomic mass is 35.5. The van der Waals surface area contributed by atoms with Crippen LogP contribution in [0.15, 0.2) is 53.6 Å². The second-order valence-electron chi connectivity index (χ2n) is 8.96. The number of hydrogen-bond acceptors (Lipinski definition) is 7. The monoisotopic (exact) mass is 528 g/mol. The van der Waals surface area contributed by atoms with E-state index in [1.54, 1.807) is 12.0 Å². The zero-order valence-corrected chi connectivity index (χ0v) is 22.0. The number of methoxy groups -OCH3 is 2. The largest absolute Gasteiger partial charge is 0.497 e. The number of hydrogen-bond donors (Lipinski definition) is 0. The minimum atomic E-state index is -0.330. The van der Waals surface area contributed by atoms with Crippen molar-refractivity contribution < 1.29 is 23.8 Å². The molecule has 2 aliphatic rings. The van der Waals surface area contributed by atoms with E-state index < -0.39 is 0 Å². The van der Waals surface area contributed by atoms with Gasteiger partial charge in [-0.2, -0.15) is 5.10 Å². The molecule has 0 saturated carbocycles. The first kappa shape index (κ1) is 27.1. The van der Waals surface area contributed by atoms with E-state index in [-0.39, 0.29) is 31.0 Å². The average molecular weight is 529 g/mol. The summed E-state index contributed by atoms with van der Waals surface area (Å²) in [6.07, 6.45) is 0.502. The topological polar surface area (TPSA) is 83.9 Å². The van der Waals surface area contributed by atoms with E-state index in [2.05, 4.69) is 4.90 Å². The summed E-state index contributed by atoms with van der Waals surface area (Å²) in [6, 6.07) is 14.7. The molecule has 0 aliphatic carbocycles. The number of nitrogens with zero attached hydrogens (tertiary/aromatic N) is 4. The lowest BCUT2D eigenvalue weighted by Crippen LogP contribution is -2.47. The molecule has 4 rings (SSSR count). The number of carbonyl (C=O) groups excluding carboxylic acids is 2. The summed E-state index contributed by atoms with van der Waals surface area (Å²) in [7, 11) is 3.09. The highest BCUT2D eigenvalue weighted by molar-refractivity contribution is 6.34. The van der Waals surface area contributed by atoms with E-state index in [1.165, 1.54) is 12.1 Å². The van der Waals surface area contributed by atoms with Crippen molar-refractivity contribution in [2.24, 2.45) is 5.10 Å². The Morgan fingerprint density at radius 1 is 1.11 bits per heavy atom. The molecule has 2 aromatic carbocycles. The second kappa shape index (κ2) is 13.0. The molecule has 0 bridgehead atoms. The van der Waals surface area contributed by atoms with Gasteiger partial charge in [0.15, 0.2) is 0 Å². The number of carbonyl (C=O) groups is 2. The normalized spacial score (nSPS) is 18.0. The van der Waals surface area contributed by atoms with Crippen LogP contribution in [0, 0.1) is 0 Å². The van der Waals surface area contributed by atoms with Gasteiger partial charge >= 0.3 is 0 Å². The van der Waals surface area contributed by atoms with Gasteiger partial charge in [-0.3, -0.25) is 14.5 Å². The lowest BCUT2D eigenvalue weighted by Gasteiger charge is -2.31. The van der Waals surface area contributed by atoms with Crippen LogP contribution in [0.1, 0.15) is 23.6 Å².